The van der Waals surface area contributed by atoms with E-state index in [9.17, 15) is 9.59 Å². The fraction of sp³-hybridized carbons (Fsp3) is 0.208. The molecule has 0 aliphatic carbocycles. The number of rotatable bonds is 6. The summed E-state index contributed by atoms with van der Waals surface area (Å²) in [6, 6.07) is 16.2. The lowest BCUT2D eigenvalue weighted by Crippen LogP contribution is -2.45. The van der Waals surface area contributed by atoms with E-state index >= 15 is 0 Å². The molecular weight excluding hydrogens is 412 g/mol. The Hall–Kier alpha value is -3.32. The second-order valence-electron chi connectivity index (χ2n) is 7.03. The Morgan fingerprint density at radius 1 is 1.23 bits per heavy atom. The highest BCUT2D eigenvalue weighted by Crippen LogP contribution is 2.41. The van der Waals surface area contributed by atoms with E-state index in [1.807, 2.05) is 54.6 Å². The molecule has 7 heteroatoms. The maximum absolute atomic E-state index is 12.9. The van der Waals surface area contributed by atoms with Gasteiger partial charge in [0, 0.05) is 12.2 Å². The Morgan fingerprint density at radius 3 is 2.77 bits per heavy atom. The molecule has 1 atom stereocenters. The molecular formula is C24H22N2O4S. The van der Waals surface area contributed by atoms with Gasteiger partial charge in [-0.3, -0.25) is 9.69 Å². The predicted octanol–water partition coefficient (Wildman–Crippen LogP) is 4.86. The minimum absolute atomic E-state index is 0.0709. The molecule has 0 saturated carbocycles. The molecule has 0 spiro atoms. The molecule has 31 heavy (non-hydrogen) atoms. The van der Waals surface area contributed by atoms with E-state index in [0.717, 1.165) is 5.56 Å². The smallest absolute Gasteiger partial charge is 0.338 e. The molecule has 0 radical (unpaired) electrons. The lowest BCUT2D eigenvalue weighted by Gasteiger charge is -2.38. The number of allylic oxidation sites excluding steroid dienone is 1. The number of para-hydroxylation sites is 1. The van der Waals surface area contributed by atoms with Gasteiger partial charge in [0.2, 0.25) is 5.91 Å². The van der Waals surface area contributed by atoms with Gasteiger partial charge in [-0.1, -0.05) is 54.7 Å². The van der Waals surface area contributed by atoms with E-state index in [1.165, 1.54) is 17.8 Å². The minimum Gasteiger partial charge on any atom is -0.458 e. The third kappa shape index (κ3) is 4.41. The van der Waals surface area contributed by atoms with Crippen LogP contribution in [-0.2, 0) is 14.3 Å². The highest BCUT2D eigenvalue weighted by Gasteiger charge is 2.41. The molecule has 2 aliphatic rings. The maximum atomic E-state index is 12.9. The molecule has 158 valence electrons. The van der Waals surface area contributed by atoms with Gasteiger partial charge in [-0.05, 0) is 36.8 Å². The Morgan fingerprint density at radius 2 is 2.00 bits per heavy atom. The van der Waals surface area contributed by atoms with Crippen LogP contribution in [0, 0.1) is 0 Å². The number of benzene rings is 2. The number of nitrogens with zero attached hydrogens (tertiary/aromatic N) is 2. The predicted molar refractivity (Wildman–Crippen MR) is 121 cm³/mol. The summed E-state index contributed by atoms with van der Waals surface area (Å²) in [6.07, 6.45) is 1.89. The SMILES string of the molecule is C=CCOC(=O)C1=C(C)N=C2SCCC(=O)N2[C@H]1c1cccc(Oc2ccccc2)c1. The van der Waals surface area contributed by atoms with Crippen molar-refractivity contribution in [1.29, 1.82) is 0 Å². The number of fused-ring (bicyclic) bond motifs is 1. The van der Waals surface area contributed by atoms with E-state index < -0.39 is 12.0 Å². The number of hydrogen-bond acceptors (Lipinski definition) is 6. The molecule has 2 aromatic carbocycles. The molecule has 0 bridgehead atoms. The molecule has 1 amide bonds. The van der Waals surface area contributed by atoms with Gasteiger partial charge in [-0.2, -0.15) is 0 Å². The highest BCUT2D eigenvalue weighted by atomic mass is 32.2. The fourth-order valence-electron chi connectivity index (χ4n) is 3.56. The molecule has 0 unspecified atom stereocenters. The summed E-state index contributed by atoms with van der Waals surface area (Å²) < 4.78 is 11.3. The van der Waals surface area contributed by atoms with Gasteiger partial charge in [-0.15, -0.1) is 0 Å². The monoisotopic (exact) mass is 434 g/mol. The van der Waals surface area contributed by atoms with Crippen LogP contribution in [0.4, 0.5) is 0 Å². The Balaban J connectivity index is 1.76. The van der Waals surface area contributed by atoms with Gasteiger partial charge in [0.05, 0.1) is 17.3 Å². The number of carbonyl (C=O) groups is 2. The lowest BCUT2D eigenvalue weighted by molar-refractivity contribution is -0.139. The third-order valence-electron chi connectivity index (χ3n) is 4.91. The lowest BCUT2D eigenvalue weighted by atomic mass is 9.94. The third-order valence-corrected chi connectivity index (χ3v) is 5.87. The van der Waals surface area contributed by atoms with Crippen molar-refractivity contribution in [2.75, 3.05) is 12.4 Å². The van der Waals surface area contributed by atoms with E-state index in [2.05, 4.69) is 11.6 Å². The summed E-state index contributed by atoms with van der Waals surface area (Å²) in [4.78, 5) is 32.0. The Labute approximate surface area is 185 Å². The van der Waals surface area contributed by atoms with Crippen LogP contribution in [-0.4, -0.2) is 34.3 Å². The number of carbonyl (C=O) groups excluding carboxylic acids is 2. The van der Waals surface area contributed by atoms with Crippen molar-refractivity contribution in [1.82, 2.24) is 4.90 Å². The van der Waals surface area contributed by atoms with Crippen molar-refractivity contribution in [3.8, 4) is 11.5 Å². The largest absolute Gasteiger partial charge is 0.458 e. The van der Waals surface area contributed by atoms with Gasteiger partial charge in [0.15, 0.2) is 5.17 Å². The van der Waals surface area contributed by atoms with E-state index in [-0.39, 0.29) is 12.5 Å². The summed E-state index contributed by atoms with van der Waals surface area (Å²) in [5.74, 6) is 1.40. The van der Waals surface area contributed by atoms with Gasteiger partial charge in [-0.25, -0.2) is 9.79 Å². The normalized spacial score (nSPS) is 18.2. The minimum atomic E-state index is -0.635. The van der Waals surface area contributed by atoms with Crippen LogP contribution in [0.3, 0.4) is 0 Å². The van der Waals surface area contributed by atoms with Crippen LogP contribution < -0.4 is 4.74 Å². The van der Waals surface area contributed by atoms with Crippen LogP contribution in [0.5, 0.6) is 11.5 Å². The van der Waals surface area contributed by atoms with Gasteiger partial charge >= 0.3 is 5.97 Å². The van der Waals surface area contributed by atoms with Crippen molar-refractivity contribution in [2.24, 2.45) is 4.99 Å². The van der Waals surface area contributed by atoms with Crippen molar-refractivity contribution in [3.05, 3.63) is 84.1 Å². The van der Waals surface area contributed by atoms with Crippen molar-refractivity contribution < 1.29 is 19.1 Å². The van der Waals surface area contributed by atoms with Crippen molar-refractivity contribution in [2.45, 2.75) is 19.4 Å². The first-order chi connectivity index (χ1) is 15.1. The Bertz CT molecular complexity index is 1080. The number of amidine groups is 1. The van der Waals surface area contributed by atoms with Crippen LogP contribution in [0.25, 0.3) is 0 Å². The molecule has 0 N–H and O–H groups in total. The zero-order valence-corrected chi connectivity index (χ0v) is 17.9. The highest BCUT2D eigenvalue weighted by molar-refractivity contribution is 8.14. The molecule has 4 rings (SSSR count). The summed E-state index contributed by atoms with van der Waals surface area (Å²) in [7, 11) is 0. The second kappa shape index (κ2) is 9.22. The second-order valence-corrected chi connectivity index (χ2v) is 8.10. The number of aliphatic imine (C=N–C) groups is 1. The van der Waals surface area contributed by atoms with Gasteiger partial charge in [0.1, 0.15) is 18.1 Å². The van der Waals surface area contributed by atoms with Crippen molar-refractivity contribution >= 4 is 28.8 Å². The quantitative estimate of drug-likeness (QED) is 0.480. The van der Waals surface area contributed by atoms with Crippen LogP contribution in [0.2, 0.25) is 0 Å². The van der Waals surface area contributed by atoms with Crippen LogP contribution in [0.15, 0.2) is 83.5 Å². The van der Waals surface area contributed by atoms with E-state index in [4.69, 9.17) is 9.47 Å². The molecule has 6 nitrogen and oxygen atoms in total. The number of ether oxygens (including phenoxy) is 2. The fourth-order valence-corrected chi connectivity index (χ4v) is 4.56. The zero-order chi connectivity index (χ0) is 21.8. The molecule has 2 aliphatic heterocycles. The standard InChI is InChI=1S/C24H22N2O4S/c1-3-13-29-23(28)21-16(2)25-24-26(20(27)12-14-31-24)22(21)17-8-7-11-19(15-17)30-18-9-5-4-6-10-18/h3-11,15,22H,1,12-14H2,2H3/t22-/m0/s1. The molecule has 1 saturated heterocycles. The van der Waals surface area contributed by atoms with Gasteiger partial charge < -0.3 is 9.47 Å². The number of amides is 1. The molecule has 2 heterocycles. The molecule has 1 fully saturated rings. The maximum Gasteiger partial charge on any atom is 0.338 e. The zero-order valence-electron chi connectivity index (χ0n) is 17.1. The number of esters is 1. The average molecular weight is 435 g/mol. The van der Waals surface area contributed by atoms with E-state index in [0.29, 0.717) is 40.1 Å². The summed E-state index contributed by atoms with van der Waals surface area (Å²) in [5, 5.41) is 0.605. The first-order valence-corrected chi connectivity index (χ1v) is 10.9. The average Bonchev–Trinajstić information content (AvgIpc) is 2.77. The Kier molecular flexibility index (Phi) is 6.23. The van der Waals surface area contributed by atoms with Crippen LogP contribution >= 0.6 is 11.8 Å². The molecule has 2 aromatic rings. The summed E-state index contributed by atoms with van der Waals surface area (Å²) in [5.41, 5.74) is 1.64. The topological polar surface area (TPSA) is 68.2 Å². The molecule has 0 aromatic heterocycles. The number of thioether (sulfide) groups is 1. The van der Waals surface area contributed by atoms with Crippen LogP contribution in [0.1, 0.15) is 24.9 Å². The summed E-state index contributed by atoms with van der Waals surface area (Å²) >= 11 is 1.51. The van der Waals surface area contributed by atoms with Gasteiger partial charge in [0.25, 0.3) is 0 Å². The first-order valence-electron chi connectivity index (χ1n) is 9.93. The van der Waals surface area contributed by atoms with E-state index in [1.54, 1.807) is 11.8 Å². The first kappa shape index (κ1) is 20.9. The number of hydrogen-bond donors (Lipinski definition) is 0. The van der Waals surface area contributed by atoms with Crippen molar-refractivity contribution in [3.63, 3.8) is 0 Å². The summed E-state index contributed by atoms with van der Waals surface area (Å²) in [6.45, 7) is 5.45.